The second kappa shape index (κ2) is 25.6. The average Bonchev–Trinajstić information content (AvgIpc) is 3.53. The highest BCUT2D eigenvalue weighted by Gasteiger charge is 2.32. The molecule has 3 atom stereocenters. The molecule has 3 rings (SSSR count). The number of ether oxygens (including phenoxy) is 1. The van der Waals surface area contributed by atoms with Gasteiger partial charge in [-0.15, -0.1) is 0 Å². The minimum atomic E-state index is -3.63. The van der Waals surface area contributed by atoms with Crippen molar-refractivity contribution in [1.82, 2.24) is 26.9 Å². The van der Waals surface area contributed by atoms with Crippen LogP contribution < -0.4 is 37.7 Å². The van der Waals surface area contributed by atoms with Crippen molar-refractivity contribution in [3.05, 3.63) is 35.4 Å². The number of esters is 1. The summed E-state index contributed by atoms with van der Waals surface area (Å²) < 4.78 is 28.6. The second-order valence-corrected chi connectivity index (χ2v) is 17.8. The fourth-order valence-corrected chi connectivity index (χ4v) is 9.07. The van der Waals surface area contributed by atoms with Gasteiger partial charge in [-0.1, -0.05) is 30.5 Å². The maximum Gasteiger partial charge on any atom is 0.328 e. The summed E-state index contributed by atoms with van der Waals surface area (Å²) in [5, 5.41) is 28.8. The number of hydrogen-bond donors (Lipinski definition) is 8. The molecule has 0 aromatic heterocycles. The van der Waals surface area contributed by atoms with E-state index in [4.69, 9.17) is 20.8 Å². The molecule has 19 heteroatoms. The molecule has 2 fully saturated rings. The number of nitrogens with zero attached hydrogens (tertiary/aromatic N) is 1. The van der Waals surface area contributed by atoms with E-state index in [-0.39, 0.29) is 54.5 Å². The highest BCUT2D eigenvalue weighted by molar-refractivity contribution is 8.01. The van der Waals surface area contributed by atoms with E-state index in [2.05, 4.69) is 26.4 Å². The molecule has 17 nitrogen and oxygen atoms in total. The van der Waals surface area contributed by atoms with Gasteiger partial charge in [0.05, 0.1) is 23.5 Å². The fraction of sp³-hybridized carbons (Fsp3) is 0.684. The van der Waals surface area contributed by atoms with E-state index in [1.54, 1.807) is 36.0 Å². The summed E-state index contributed by atoms with van der Waals surface area (Å²) in [4.78, 5) is 63.2. The van der Waals surface area contributed by atoms with Gasteiger partial charge in [0, 0.05) is 48.4 Å². The van der Waals surface area contributed by atoms with Crippen molar-refractivity contribution in [1.29, 1.82) is 0 Å². The smallest absolute Gasteiger partial charge is 0.328 e. The number of thioether (sulfide) groups is 1. The number of benzene rings is 1. The summed E-state index contributed by atoms with van der Waals surface area (Å²) in [6.45, 7) is 2.83. The summed E-state index contributed by atoms with van der Waals surface area (Å²) in [7, 11) is -3.63. The normalized spacial score (nSPS) is 20.7. The number of aryl methyl sites for hydroxylation is 1. The van der Waals surface area contributed by atoms with Gasteiger partial charge in [-0.2, -0.15) is 22.5 Å². The van der Waals surface area contributed by atoms with Crippen molar-refractivity contribution in [2.24, 2.45) is 21.9 Å². The van der Waals surface area contributed by atoms with Crippen LogP contribution in [0.15, 0.2) is 29.4 Å². The molecule has 320 valence electrons. The van der Waals surface area contributed by atoms with Gasteiger partial charge in [-0.05, 0) is 89.7 Å². The lowest BCUT2D eigenvalue weighted by atomic mass is 9.88. The maximum atomic E-state index is 13.1. The zero-order valence-electron chi connectivity index (χ0n) is 33.0. The topological polar surface area (TPSA) is 274 Å². The van der Waals surface area contributed by atoms with Gasteiger partial charge in [0.15, 0.2) is 0 Å². The summed E-state index contributed by atoms with van der Waals surface area (Å²) in [6.07, 6.45) is 8.36. The first-order chi connectivity index (χ1) is 27.3. The Morgan fingerprint density at radius 1 is 0.877 bits per heavy atom. The molecule has 2 aliphatic rings. The number of carbonyl (C=O) groups is 5. The number of rotatable bonds is 25. The Hall–Kier alpha value is -3.78. The molecule has 1 saturated heterocycles. The first-order valence-electron chi connectivity index (χ1n) is 20.0. The minimum absolute atomic E-state index is 0.00357. The molecule has 1 saturated carbocycles. The minimum Gasteiger partial charge on any atom is -0.462 e. The number of sulfonamides is 1. The van der Waals surface area contributed by atoms with Crippen LogP contribution in [-0.2, 0) is 33.9 Å². The molecule has 1 heterocycles. The number of hydrazone groups is 1. The van der Waals surface area contributed by atoms with E-state index in [9.17, 15) is 32.4 Å². The Balaban J connectivity index is 1.27. The zero-order valence-corrected chi connectivity index (χ0v) is 34.6. The van der Waals surface area contributed by atoms with Gasteiger partial charge in [0.1, 0.15) is 12.6 Å². The lowest BCUT2D eigenvalue weighted by Gasteiger charge is -2.26. The number of hydrogen-bond acceptors (Lipinski definition) is 13. The van der Waals surface area contributed by atoms with Crippen LogP contribution in [0.1, 0.15) is 112 Å². The average molecular weight is 839 g/mol. The number of carbonyl (C=O) groups excluding carboxylic acids is 5. The Morgan fingerprint density at radius 3 is 2.14 bits per heavy atom. The van der Waals surface area contributed by atoms with Gasteiger partial charge in [0.2, 0.25) is 27.7 Å². The largest absolute Gasteiger partial charge is 0.462 e. The Kier molecular flexibility index (Phi) is 21.3. The Bertz CT molecular complexity index is 1590. The molecule has 0 radical (unpaired) electrons. The molecule has 0 spiro atoms. The van der Waals surface area contributed by atoms with Crippen molar-refractivity contribution >= 4 is 57.1 Å². The van der Waals surface area contributed by atoms with Crippen LogP contribution in [0, 0.1) is 12.8 Å². The van der Waals surface area contributed by atoms with Gasteiger partial charge in [-0.25, -0.2) is 18.4 Å². The summed E-state index contributed by atoms with van der Waals surface area (Å²) in [5.74, 6) is -0.938. The standard InChI is InChI=1S/C38H62N8O9S2/c1-26-13-15-28(16-14-26)37(50)44-31(38(51)55-24-23-43-36(49)27-17-19-29(20-18-27)57(40,53)54)9-6-8-22-42-33(47)11-3-2-7-21-41-34(48)12-5-4-10-32-35(45-46-52)30(39)25-56-32/h13-16,27,29-32,46,52H,2-12,17-25,39H2,1H3,(H,41,48)(H,42,47)(H,43,49)(H,44,50)(H2,40,53,54)/b45-35-. The zero-order chi connectivity index (χ0) is 41.6. The quantitative estimate of drug-likeness (QED) is 0.0399. The Labute approximate surface area is 340 Å². The number of unbranched alkanes of at least 4 members (excludes halogenated alkanes) is 4. The first-order valence-corrected chi connectivity index (χ1v) is 22.6. The molecule has 1 aliphatic carbocycles. The van der Waals surface area contributed by atoms with E-state index in [0.717, 1.165) is 49.1 Å². The van der Waals surface area contributed by atoms with Crippen LogP contribution in [-0.4, -0.2) is 104 Å². The highest BCUT2D eigenvalue weighted by atomic mass is 32.2. The van der Waals surface area contributed by atoms with Crippen LogP contribution in [0.4, 0.5) is 0 Å². The molecule has 1 aromatic carbocycles. The monoisotopic (exact) mass is 838 g/mol. The summed E-state index contributed by atoms with van der Waals surface area (Å²) >= 11 is 1.71. The van der Waals surface area contributed by atoms with Gasteiger partial charge in [-0.3, -0.25) is 24.4 Å². The maximum absolute atomic E-state index is 13.1. The van der Waals surface area contributed by atoms with Crippen LogP contribution in [0.3, 0.4) is 0 Å². The molecule has 10 N–H and O–H groups in total. The molecule has 3 unspecified atom stereocenters. The van der Waals surface area contributed by atoms with Crippen molar-refractivity contribution in [3.63, 3.8) is 0 Å². The number of amides is 4. The van der Waals surface area contributed by atoms with E-state index in [0.29, 0.717) is 76.4 Å². The molecule has 0 bridgehead atoms. The lowest BCUT2D eigenvalue weighted by Crippen LogP contribution is -2.43. The lowest BCUT2D eigenvalue weighted by molar-refractivity contribution is -0.146. The Morgan fingerprint density at radius 2 is 1.51 bits per heavy atom. The van der Waals surface area contributed by atoms with Crippen molar-refractivity contribution in [3.8, 4) is 0 Å². The van der Waals surface area contributed by atoms with E-state index >= 15 is 0 Å². The van der Waals surface area contributed by atoms with Crippen LogP contribution >= 0.6 is 11.8 Å². The van der Waals surface area contributed by atoms with Gasteiger partial charge >= 0.3 is 5.97 Å². The molecular weight excluding hydrogens is 777 g/mol. The predicted octanol–water partition coefficient (Wildman–Crippen LogP) is 1.90. The predicted molar refractivity (Wildman–Crippen MR) is 219 cm³/mol. The number of primary sulfonamides is 1. The third-order valence-electron chi connectivity index (χ3n) is 10.2. The van der Waals surface area contributed by atoms with E-state index in [1.165, 1.54) is 0 Å². The first kappa shape index (κ1) is 47.6. The van der Waals surface area contributed by atoms with Crippen LogP contribution in [0.5, 0.6) is 0 Å². The molecular formula is C38H62N8O9S2. The SMILES string of the molecule is Cc1ccc(C(=O)NC(CCCCNC(=O)CCCCCNC(=O)CCCCC2SCC(N)/C2=N/NO)C(=O)OCCNC(=O)C2CCC(S(N)(=O)=O)CC2)cc1. The molecule has 4 amide bonds. The van der Waals surface area contributed by atoms with Gasteiger partial charge < -0.3 is 31.7 Å². The molecule has 1 aromatic rings. The van der Waals surface area contributed by atoms with Crippen molar-refractivity contribution < 1.29 is 42.3 Å². The summed E-state index contributed by atoms with van der Waals surface area (Å²) in [5.41, 5.74) is 9.98. The molecule has 1 aliphatic heterocycles. The van der Waals surface area contributed by atoms with Gasteiger partial charge in [0.25, 0.3) is 5.91 Å². The second-order valence-electron chi connectivity index (χ2n) is 14.7. The van der Waals surface area contributed by atoms with E-state index < -0.39 is 33.2 Å². The highest BCUT2D eigenvalue weighted by Crippen LogP contribution is 2.29. The third kappa shape index (κ3) is 18.1. The fourth-order valence-electron chi connectivity index (χ4n) is 6.80. The van der Waals surface area contributed by atoms with Crippen molar-refractivity contribution in [2.45, 2.75) is 126 Å². The summed E-state index contributed by atoms with van der Waals surface area (Å²) in [6, 6.07) is 5.85. The number of nitrogens with one attached hydrogen (secondary N) is 5. The third-order valence-corrected chi connectivity index (χ3v) is 13.0. The number of nitrogens with two attached hydrogens (primary N) is 2. The van der Waals surface area contributed by atoms with Crippen LogP contribution in [0.2, 0.25) is 0 Å². The van der Waals surface area contributed by atoms with E-state index in [1.807, 2.05) is 12.5 Å². The van der Waals surface area contributed by atoms with Crippen LogP contribution in [0.25, 0.3) is 0 Å². The molecule has 57 heavy (non-hydrogen) atoms. The van der Waals surface area contributed by atoms with Crippen molar-refractivity contribution in [2.75, 3.05) is 32.0 Å².